The molecule has 0 atom stereocenters. The van der Waals surface area contributed by atoms with Gasteiger partial charge in [-0.2, -0.15) is 0 Å². The summed E-state index contributed by atoms with van der Waals surface area (Å²) in [5.41, 5.74) is 0.930. The second-order valence-electron chi connectivity index (χ2n) is 5.33. The first-order valence-electron chi connectivity index (χ1n) is 7.73. The van der Waals surface area contributed by atoms with Crippen molar-refractivity contribution in [2.75, 3.05) is 7.11 Å². The van der Waals surface area contributed by atoms with Crippen LogP contribution in [0.15, 0.2) is 58.2 Å². The molecular formula is C19H20O5Pb. The molecular weight excluding hydrogens is 515 g/mol. The van der Waals surface area contributed by atoms with Crippen molar-refractivity contribution in [3.63, 3.8) is 0 Å². The van der Waals surface area contributed by atoms with Crippen LogP contribution in [0.2, 0.25) is 0 Å². The normalized spacial score (nSPS) is 11.2. The number of ether oxygens (including phenoxy) is 1. The summed E-state index contributed by atoms with van der Waals surface area (Å²) in [6.45, 7) is 2.64. The Balaban J connectivity index is 2.51. The van der Waals surface area contributed by atoms with Crippen LogP contribution < -0.4 is 7.86 Å². The van der Waals surface area contributed by atoms with Crippen molar-refractivity contribution >= 4 is 43.2 Å². The predicted octanol–water partition coefficient (Wildman–Crippen LogP) is 2.72. The van der Waals surface area contributed by atoms with E-state index >= 15 is 0 Å². The molecule has 5 nitrogen and oxygen atoms in total. The molecule has 0 amide bonds. The number of rotatable bonds is 6. The molecule has 25 heavy (non-hydrogen) atoms. The summed E-state index contributed by atoms with van der Waals surface area (Å²) < 4.78 is 18.9. The number of methoxy groups -OCH3 is 1. The van der Waals surface area contributed by atoms with Gasteiger partial charge in [-0.1, -0.05) is 0 Å². The van der Waals surface area contributed by atoms with E-state index in [1.807, 2.05) is 36.4 Å². The maximum absolute atomic E-state index is 11.7. The maximum atomic E-state index is 11.7. The Labute approximate surface area is 153 Å². The van der Waals surface area contributed by atoms with Crippen molar-refractivity contribution in [1.29, 1.82) is 0 Å². The first-order valence-corrected chi connectivity index (χ1v) is 15.1. The van der Waals surface area contributed by atoms with Crippen LogP contribution in [-0.2, 0) is 15.0 Å². The molecule has 0 bridgehead atoms. The molecule has 0 saturated carbocycles. The molecule has 0 saturated heterocycles. The zero-order valence-electron chi connectivity index (χ0n) is 14.4. The summed E-state index contributed by atoms with van der Waals surface area (Å²) in [7, 11) is 1.57. The Hall–Kier alpha value is -2.16. The van der Waals surface area contributed by atoms with Crippen LogP contribution in [0, 0.1) is 0 Å². The molecule has 0 unspecified atom stereocenters. The monoisotopic (exact) mass is 536 g/mol. The van der Waals surface area contributed by atoms with E-state index in [1.165, 1.54) is 13.8 Å². The van der Waals surface area contributed by atoms with E-state index in [4.69, 9.17) is 10.1 Å². The zero-order valence-corrected chi connectivity index (χ0v) is 18.3. The quantitative estimate of drug-likeness (QED) is 0.533. The van der Waals surface area contributed by atoms with E-state index in [0.29, 0.717) is 8.87 Å². The van der Waals surface area contributed by atoms with Gasteiger partial charge in [0, 0.05) is 0 Å². The molecule has 130 valence electrons. The Bertz CT molecular complexity index is 737. The summed E-state index contributed by atoms with van der Waals surface area (Å²) in [6.07, 6.45) is 1.83. The number of hydrogen-bond donors (Lipinski definition) is 0. The van der Waals surface area contributed by atoms with E-state index in [1.54, 1.807) is 35.0 Å². The zero-order chi connectivity index (χ0) is 18.3. The van der Waals surface area contributed by atoms with E-state index in [9.17, 15) is 9.59 Å². The average molecular weight is 536 g/mol. The van der Waals surface area contributed by atoms with Crippen LogP contribution in [0.1, 0.15) is 19.4 Å². The molecule has 0 N–H and O–H groups in total. The van der Waals surface area contributed by atoms with E-state index in [2.05, 4.69) is 0 Å². The Morgan fingerprint density at radius 3 is 1.92 bits per heavy atom. The van der Waals surface area contributed by atoms with Gasteiger partial charge in [-0.3, -0.25) is 0 Å². The molecule has 2 rings (SSSR count). The molecule has 0 fully saturated rings. The third kappa shape index (κ3) is 5.42. The Kier molecular flexibility index (Phi) is 6.75. The van der Waals surface area contributed by atoms with Gasteiger partial charge in [-0.15, -0.1) is 0 Å². The molecule has 0 aliphatic heterocycles. The fourth-order valence-electron chi connectivity index (χ4n) is 2.32. The summed E-state index contributed by atoms with van der Waals surface area (Å²) >= 11 is -4.53. The summed E-state index contributed by atoms with van der Waals surface area (Å²) in [6, 6.07) is 16.6. The van der Waals surface area contributed by atoms with Gasteiger partial charge in [0.25, 0.3) is 0 Å². The molecule has 0 heterocycles. The van der Waals surface area contributed by atoms with Crippen molar-refractivity contribution in [2.45, 2.75) is 13.8 Å². The second-order valence-corrected chi connectivity index (χ2v) is 15.6. The Morgan fingerprint density at radius 2 is 1.44 bits per heavy atom. The first kappa shape index (κ1) is 19.2. The standard InChI is InChI=1S/C8H7.C7H7O.2C2H4O2.Pb/c1-2-8-6-4-3-5-7-8;1-8-7-5-3-2-4-6-7;2*1-2(3)4;/h1-7H;3-6H,1H3;2*1H3,(H,3,4);/q;;;;+2/p-2. The molecule has 0 aromatic heterocycles. The fourth-order valence-corrected chi connectivity index (χ4v) is 12.1. The molecule has 0 aliphatic rings. The molecule has 0 radical (unpaired) electrons. The van der Waals surface area contributed by atoms with E-state index in [-0.39, 0.29) is 0 Å². The third-order valence-corrected chi connectivity index (χ3v) is 14.7. The van der Waals surface area contributed by atoms with Crippen LogP contribution >= 0.6 is 0 Å². The van der Waals surface area contributed by atoms with Gasteiger partial charge in [0.2, 0.25) is 0 Å². The Morgan fingerprint density at radius 1 is 0.880 bits per heavy atom. The minimum absolute atomic E-state index is 0.476. The van der Waals surface area contributed by atoms with Gasteiger partial charge in [0.15, 0.2) is 0 Å². The van der Waals surface area contributed by atoms with Crippen molar-refractivity contribution in [1.82, 2.24) is 0 Å². The number of benzene rings is 2. The van der Waals surface area contributed by atoms with Crippen LogP contribution in [-0.4, -0.2) is 41.1 Å². The van der Waals surface area contributed by atoms with Gasteiger partial charge in [0.1, 0.15) is 0 Å². The van der Waals surface area contributed by atoms with Crippen molar-refractivity contribution in [3.8, 4) is 5.75 Å². The molecule has 0 spiro atoms. The summed E-state index contributed by atoms with van der Waals surface area (Å²) in [5.74, 6) is -0.281. The SMILES string of the molecule is COc1cc[c]([Pb](/[CH]=C/c2ccccc2)([O]C(C)=O)[O]C(C)=O)cc1. The number of carbonyl (C=O) groups is 2. The van der Waals surface area contributed by atoms with Gasteiger partial charge < -0.3 is 0 Å². The van der Waals surface area contributed by atoms with Gasteiger partial charge in [-0.05, 0) is 0 Å². The molecule has 2 aromatic carbocycles. The second kappa shape index (κ2) is 8.80. The van der Waals surface area contributed by atoms with Crippen LogP contribution in [0.5, 0.6) is 5.75 Å². The van der Waals surface area contributed by atoms with Gasteiger partial charge in [-0.25, -0.2) is 0 Å². The fraction of sp³-hybridized carbons (Fsp3) is 0.158. The number of carbonyl (C=O) groups excluding carboxylic acids is 2. The van der Waals surface area contributed by atoms with Crippen LogP contribution in [0.3, 0.4) is 0 Å². The van der Waals surface area contributed by atoms with Gasteiger partial charge >= 0.3 is 153 Å². The van der Waals surface area contributed by atoms with Crippen molar-refractivity contribution < 1.29 is 19.7 Å². The summed E-state index contributed by atoms with van der Waals surface area (Å²) in [4.78, 5) is 23.5. The summed E-state index contributed by atoms with van der Waals surface area (Å²) in [5, 5.41) is 0. The third-order valence-electron chi connectivity index (χ3n) is 3.38. The van der Waals surface area contributed by atoms with Crippen LogP contribution in [0.4, 0.5) is 0 Å². The molecule has 6 heteroatoms. The van der Waals surface area contributed by atoms with E-state index < -0.39 is 34.0 Å². The van der Waals surface area contributed by atoms with Crippen LogP contribution in [0.25, 0.3) is 6.08 Å². The average Bonchev–Trinajstić information content (AvgIpc) is 2.60. The van der Waals surface area contributed by atoms with E-state index in [0.717, 1.165) is 5.56 Å². The number of hydrogen-bond acceptors (Lipinski definition) is 5. The predicted molar refractivity (Wildman–Crippen MR) is 97.4 cm³/mol. The first-order chi connectivity index (χ1) is 11.9. The molecule has 0 aliphatic carbocycles. The molecule has 2 aromatic rings. The topological polar surface area (TPSA) is 61.8 Å². The minimum atomic E-state index is -4.53. The van der Waals surface area contributed by atoms with Crippen molar-refractivity contribution in [3.05, 3.63) is 63.8 Å². The van der Waals surface area contributed by atoms with Gasteiger partial charge in [0.05, 0.1) is 0 Å². The van der Waals surface area contributed by atoms with Crippen molar-refractivity contribution in [2.24, 2.45) is 0 Å².